The first-order valence-corrected chi connectivity index (χ1v) is 7.91. The smallest absolute Gasteiger partial charge is 0.266 e. The Morgan fingerprint density at radius 3 is 2.67 bits per heavy atom. The quantitative estimate of drug-likeness (QED) is 0.659. The minimum atomic E-state index is -0.462. The molecular formula is C16H19ClN4O3. The van der Waals surface area contributed by atoms with Gasteiger partial charge in [-0.1, -0.05) is 11.6 Å². The summed E-state index contributed by atoms with van der Waals surface area (Å²) in [5.41, 5.74) is 5.45. The molecule has 1 aromatic heterocycles. The van der Waals surface area contributed by atoms with Crippen LogP contribution < -0.4 is 21.3 Å². The number of carbonyl (C=O) groups excluding carboxylic acids is 1. The summed E-state index contributed by atoms with van der Waals surface area (Å²) in [6.45, 7) is 2.38. The molecule has 8 heteroatoms. The third-order valence-electron chi connectivity index (χ3n) is 3.24. The van der Waals surface area contributed by atoms with Crippen molar-refractivity contribution in [3.8, 4) is 5.75 Å². The Morgan fingerprint density at radius 1 is 1.21 bits per heavy atom. The van der Waals surface area contributed by atoms with E-state index in [9.17, 15) is 9.59 Å². The molecule has 0 fully saturated rings. The van der Waals surface area contributed by atoms with Gasteiger partial charge in [-0.25, -0.2) is 4.68 Å². The maximum atomic E-state index is 11.5. The topological polar surface area (TPSA) is 99.2 Å². The lowest BCUT2D eigenvalue weighted by Crippen LogP contribution is -2.26. The molecule has 1 aromatic carbocycles. The summed E-state index contributed by atoms with van der Waals surface area (Å²) < 4.78 is 6.89. The number of amides is 1. The normalized spacial score (nSPS) is 10.5. The summed E-state index contributed by atoms with van der Waals surface area (Å²) in [6.07, 6.45) is 0.751. The van der Waals surface area contributed by atoms with E-state index in [2.05, 4.69) is 10.4 Å². The highest BCUT2D eigenvalue weighted by Crippen LogP contribution is 2.11. The minimum absolute atomic E-state index is 0.165. The zero-order chi connectivity index (χ0) is 17.4. The van der Waals surface area contributed by atoms with Gasteiger partial charge in [0.05, 0.1) is 0 Å². The molecule has 24 heavy (non-hydrogen) atoms. The van der Waals surface area contributed by atoms with Crippen molar-refractivity contribution in [3.63, 3.8) is 0 Å². The van der Waals surface area contributed by atoms with Crippen molar-refractivity contribution in [2.24, 2.45) is 5.73 Å². The second-order valence-electron chi connectivity index (χ2n) is 5.06. The second-order valence-corrected chi connectivity index (χ2v) is 5.45. The summed E-state index contributed by atoms with van der Waals surface area (Å²) in [4.78, 5) is 22.5. The molecule has 0 saturated carbocycles. The summed E-state index contributed by atoms with van der Waals surface area (Å²) >= 11 is 5.75. The number of nitrogens with zero attached hydrogens (tertiary/aromatic N) is 2. The van der Waals surface area contributed by atoms with Crippen LogP contribution in [0.4, 0.5) is 0 Å². The van der Waals surface area contributed by atoms with Crippen LogP contribution in [-0.2, 0) is 6.54 Å². The molecule has 3 N–H and O–H groups in total. The summed E-state index contributed by atoms with van der Waals surface area (Å²) in [7, 11) is 0. The molecular weight excluding hydrogens is 332 g/mol. The highest BCUT2D eigenvalue weighted by atomic mass is 35.5. The molecule has 0 saturated heterocycles. The van der Waals surface area contributed by atoms with Crippen LogP contribution in [0.15, 0.2) is 41.2 Å². The van der Waals surface area contributed by atoms with Crippen LogP contribution >= 0.6 is 11.6 Å². The average Bonchev–Trinajstić information content (AvgIpc) is 2.57. The molecule has 0 atom stereocenters. The van der Waals surface area contributed by atoms with Crippen LogP contribution in [-0.4, -0.2) is 35.4 Å². The van der Waals surface area contributed by atoms with E-state index in [-0.39, 0.29) is 5.56 Å². The number of halogens is 1. The molecule has 7 nitrogen and oxygen atoms in total. The molecule has 1 amide bonds. The first-order valence-electron chi connectivity index (χ1n) is 7.53. The molecule has 1 heterocycles. The van der Waals surface area contributed by atoms with Crippen molar-refractivity contribution in [1.29, 1.82) is 0 Å². The number of hydrogen-bond donors (Lipinski definition) is 2. The van der Waals surface area contributed by atoms with Gasteiger partial charge in [0.25, 0.3) is 5.56 Å². The van der Waals surface area contributed by atoms with Gasteiger partial charge in [0, 0.05) is 24.7 Å². The van der Waals surface area contributed by atoms with Crippen molar-refractivity contribution in [3.05, 3.63) is 57.5 Å². The SMILES string of the molecule is NC(=O)c1ccc(OCCNCCCn2nc(Cl)ccc2=O)cc1. The van der Waals surface area contributed by atoms with Gasteiger partial charge in [0.1, 0.15) is 17.5 Å². The molecule has 0 bridgehead atoms. The van der Waals surface area contributed by atoms with Gasteiger partial charge in [-0.15, -0.1) is 0 Å². The Hall–Kier alpha value is -2.38. The second kappa shape index (κ2) is 9.05. The average molecular weight is 351 g/mol. The third kappa shape index (κ3) is 5.68. The number of aromatic nitrogens is 2. The van der Waals surface area contributed by atoms with E-state index in [1.807, 2.05) is 0 Å². The lowest BCUT2D eigenvalue weighted by molar-refractivity contribution is 0.100. The minimum Gasteiger partial charge on any atom is -0.492 e. The fourth-order valence-electron chi connectivity index (χ4n) is 2.02. The number of ether oxygens (including phenoxy) is 1. The molecule has 0 aliphatic heterocycles. The predicted molar refractivity (Wildman–Crippen MR) is 91.4 cm³/mol. The Bertz CT molecular complexity index is 731. The zero-order valence-corrected chi connectivity index (χ0v) is 13.8. The summed E-state index contributed by atoms with van der Waals surface area (Å²) in [5, 5.41) is 7.47. The maximum absolute atomic E-state index is 11.5. The van der Waals surface area contributed by atoms with E-state index in [1.54, 1.807) is 24.3 Å². The van der Waals surface area contributed by atoms with Crippen molar-refractivity contribution < 1.29 is 9.53 Å². The Morgan fingerprint density at radius 2 is 1.96 bits per heavy atom. The summed E-state index contributed by atoms with van der Waals surface area (Å²) in [6, 6.07) is 9.54. The van der Waals surface area contributed by atoms with Gasteiger partial charge in [-0.05, 0) is 43.3 Å². The standard InChI is InChI=1S/C16H19ClN4O3/c17-14-6-7-15(22)21(20-14)10-1-8-19-9-11-24-13-4-2-12(3-5-13)16(18)23/h2-7,19H,1,8-11H2,(H2,18,23). The van der Waals surface area contributed by atoms with Crippen LogP contribution in [0.1, 0.15) is 16.8 Å². The number of rotatable bonds is 9. The van der Waals surface area contributed by atoms with Gasteiger partial charge in [0.2, 0.25) is 5.91 Å². The molecule has 0 aliphatic rings. The number of aryl methyl sites for hydroxylation is 1. The van der Waals surface area contributed by atoms with Crippen LogP contribution in [0.3, 0.4) is 0 Å². The van der Waals surface area contributed by atoms with Gasteiger partial charge in [0.15, 0.2) is 0 Å². The van der Waals surface area contributed by atoms with Gasteiger partial charge >= 0.3 is 0 Å². The highest BCUT2D eigenvalue weighted by molar-refractivity contribution is 6.29. The third-order valence-corrected chi connectivity index (χ3v) is 3.45. The van der Waals surface area contributed by atoms with Crippen molar-refractivity contribution in [2.45, 2.75) is 13.0 Å². The molecule has 2 aromatic rings. The number of benzene rings is 1. The van der Waals surface area contributed by atoms with Gasteiger partial charge in [-0.3, -0.25) is 9.59 Å². The Kier molecular flexibility index (Phi) is 6.77. The monoisotopic (exact) mass is 350 g/mol. The van der Waals surface area contributed by atoms with E-state index in [0.29, 0.717) is 36.2 Å². The summed E-state index contributed by atoms with van der Waals surface area (Å²) in [5.74, 6) is 0.216. The van der Waals surface area contributed by atoms with Crippen molar-refractivity contribution >= 4 is 17.5 Å². The van der Waals surface area contributed by atoms with E-state index in [1.165, 1.54) is 16.8 Å². The maximum Gasteiger partial charge on any atom is 0.266 e. The molecule has 2 rings (SSSR count). The van der Waals surface area contributed by atoms with Crippen LogP contribution in [0.5, 0.6) is 5.75 Å². The fraction of sp³-hybridized carbons (Fsp3) is 0.312. The zero-order valence-electron chi connectivity index (χ0n) is 13.1. The first-order chi connectivity index (χ1) is 11.6. The van der Waals surface area contributed by atoms with Crippen molar-refractivity contribution in [2.75, 3.05) is 19.7 Å². The van der Waals surface area contributed by atoms with Crippen LogP contribution in [0, 0.1) is 0 Å². The first kappa shape index (κ1) is 18.0. The number of nitrogens with two attached hydrogens (primary N) is 1. The van der Waals surface area contributed by atoms with E-state index >= 15 is 0 Å². The molecule has 0 unspecified atom stereocenters. The van der Waals surface area contributed by atoms with Crippen molar-refractivity contribution in [1.82, 2.24) is 15.1 Å². The number of hydrogen-bond acceptors (Lipinski definition) is 5. The molecule has 0 radical (unpaired) electrons. The highest BCUT2D eigenvalue weighted by Gasteiger charge is 2.01. The predicted octanol–water partition coefficient (Wildman–Crippen LogP) is 1.05. The fourth-order valence-corrected chi connectivity index (χ4v) is 2.17. The van der Waals surface area contributed by atoms with Gasteiger partial charge in [-0.2, -0.15) is 5.10 Å². The van der Waals surface area contributed by atoms with Crippen LogP contribution in [0.2, 0.25) is 5.15 Å². The van der Waals surface area contributed by atoms with E-state index < -0.39 is 5.91 Å². The Balaban J connectivity index is 1.60. The van der Waals surface area contributed by atoms with E-state index in [0.717, 1.165) is 13.0 Å². The molecule has 0 aliphatic carbocycles. The van der Waals surface area contributed by atoms with E-state index in [4.69, 9.17) is 22.1 Å². The van der Waals surface area contributed by atoms with Crippen LogP contribution in [0.25, 0.3) is 0 Å². The molecule has 0 spiro atoms. The van der Waals surface area contributed by atoms with Gasteiger partial charge < -0.3 is 15.8 Å². The lowest BCUT2D eigenvalue weighted by atomic mass is 10.2. The lowest BCUT2D eigenvalue weighted by Gasteiger charge is -2.08. The number of carbonyl (C=O) groups is 1. The number of nitrogens with one attached hydrogen (secondary N) is 1. The largest absolute Gasteiger partial charge is 0.492 e. The number of primary amides is 1. The Labute approximate surface area is 144 Å². The molecule has 128 valence electrons.